The molecule has 2 aromatic carbocycles. The van der Waals surface area contributed by atoms with E-state index in [0.717, 1.165) is 40.6 Å². The number of hydrogen-bond donors (Lipinski definition) is 1. The number of benzene rings is 2. The lowest BCUT2D eigenvalue weighted by atomic mass is 10.1. The zero-order valence-corrected chi connectivity index (χ0v) is 17.9. The number of para-hydroxylation sites is 1. The highest BCUT2D eigenvalue weighted by atomic mass is 79.9. The van der Waals surface area contributed by atoms with Crippen molar-refractivity contribution in [3.63, 3.8) is 0 Å². The summed E-state index contributed by atoms with van der Waals surface area (Å²) in [6, 6.07) is 15.4. The van der Waals surface area contributed by atoms with Gasteiger partial charge in [-0.05, 0) is 35.9 Å². The van der Waals surface area contributed by atoms with E-state index < -0.39 is 0 Å². The molecule has 1 amide bonds. The van der Waals surface area contributed by atoms with Crippen molar-refractivity contribution in [1.82, 2.24) is 14.8 Å². The Kier molecular flexibility index (Phi) is 5.69. The van der Waals surface area contributed by atoms with Gasteiger partial charge in [0, 0.05) is 42.6 Å². The minimum atomic E-state index is 0.0190. The third kappa shape index (κ3) is 4.21. The van der Waals surface area contributed by atoms with Crippen LogP contribution in [-0.4, -0.2) is 54.0 Å². The van der Waals surface area contributed by atoms with Gasteiger partial charge in [0.2, 0.25) is 0 Å². The molecule has 0 atom stereocenters. The molecule has 6 nitrogen and oxygen atoms in total. The van der Waals surface area contributed by atoms with Crippen LogP contribution in [0.1, 0.15) is 15.9 Å². The van der Waals surface area contributed by atoms with Crippen molar-refractivity contribution in [1.29, 1.82) is 0 Å². The molecule has 0 bridgehead atoms. The Hall–Kier alpha value is -2.64. The molecule has 150 valence electrons. The predicted octanol–water partition coefficient (Wildman–Crippen LogP) is 3.55. The average molecular weight is 455 g/mol. The lowest BCUT2D eigenvalue weighted by Crippen LogP contribution is -2.48. The SMILES string of the molecule is COc1ccccc1C(=O)N1CCN(Cc2cc(N)nc3cc(Br)ccc23)CC1. The third-order valence-corrected chi connectivity index (χ3v) is 5.76. The zero-order chi connectivity index (χ0) is 20.4. The highest BCUT2D eigenvalue weighted by Crippen LogP contribution is 2.25. The summed E-state index contributed by atoms with van der Waals surface area (Å²) in [6.07, 6.45) is 0. The number of hydrogen-bond acceptors (Lipinski definition) is 5. The molecule has 3 aromatic rings. The first-order valence-corrected chi connectivity index (χ1v) is 10.3. The van der Waals surface area contributed by atoms with Crippen LogP contribution in [0.25, 0.3) is 10.9 Å². The Morgan fingerprint density at radius 2 is 1.90 bits per heavy atom. The van der Waals surface area contributed by atoms with Crippen LogP contribution >= 0.6 is 15.9 Å². The summed E-state index contributed by atoms with van der Waals surface area (Å²) in [7, 11) is 1.59. The van der Waals surface area contributed by atoms with E-state index in [1.807, 2.05) is 47.4 Å². The summed E-state index contributed by atoms with van der Waals surface area (Å²) in [6.45, 7) is 3.76. The van der Waals surface area contributed by atoms with Gasteiger partial charge in [-0.25, -0.2) is 4.98 Å². The first-order valence-electron chi connectivity index (χ1n) is 9.54. The molecule has 1 aliphatic rings. The van der Waals surface area contributed by atoms with Crippen molar-refractivity contribution in [3.05, 3.63) is 64.1 Å². The number of halogens is 1. The zero-order valence-electron chi connectivity index (χ0n) is 16.3. The van der Waals surface area contributed by atoms with E-state index in [2.05, 4.69) is 31.9 Å². The Bertz CT molecular complexity index is 1040. The minimum absolute atomic E-state index is 0.0190. The number of nitrogen functional groups attached to an aromatic ring is 1. The summed E-state index contributed by atoms with van der Waals surface area (Å²) in [5.41, 5.74) is 8.68. The van der Waals surface area contributed by atoms with Gasteiger partial charge in [0.15, 0.2) is 0 Å². The van der Waals surface area contributed by atoms with Crippen LogP contribution in [0.2, 0.25) is 0 Å². The summed E-state index contributed by atoms with van der Waals surface area (Å²) in [4.78, 5) is 21.6. The van der Waals surface area contributed by atoms with Gasteiger partial charge in [0.25, 0.3) is 5.91 Å². The van der Waals surface area contributed by atoms with Crippen molar-refractivity contribution in [2.75, 3.05) is 39.0 Å². The molecule has 4 rings (SSSR count). The molecule has 0 aliphatic carbocycles. The Balaban J connectivity index is 1.46. The number of nitrogens with zero attached hydrogens (tertiary/aromatic N) is 3. The van der Waals surface area contributed by atoms with Crippen molar-refractivity contribution >= 4 is 38.6 Å². The highest BCUT2D eigenvalue weighted by Gasteiger charge is 2.24. The summed E-state index contributed by atoms with van der Waals surface area (Å²) >= 11 is 3.49. The van der Waals surface area contributed by atoms with Gasteiger partial charge in [-0.3, -0.25) is 9.69 Å². The molecule has 1 aromatic heterocycles. The van der Waals surface area contributed by atoms with Gasteiger partial charge in [-0.1, -0.05) is 34.1 Å². The molecule has 0 unspecified atom stereocenters. The summed E-state index contributed by atoms with van der Waals surface area (Å²) in [5.74, 6) is 1.16. The number of nitrogens with two attached hydrogens (primary N) is 1. The number of amides is 1. The van der Waals surface area contributed by atoms with Crippen molar-refractivity contribution < 1.29 is 9.53 Å². The average Bonchev–Trinajstić information content (AvgIpc) is 2.73. The van der Waals surface area contributed by atoms with Crippen LogP contribution in [0.4, 0.5) is 5.82 Å². The Labute approximate surface area is 178 Å². The number of methoxy groups -OCH3 is 1. The fourth-order valence-electron chi connectivity index (χ4n) is 3.77. The molecule has 1 aliphatic heterocycles. The van der Waals surface area contributed by atoms with Gasteiger partial charge < -0.3 is 15.4 Å². The van der Waals surface area contributed by atoms with Crippen LogP contribution < -0.4 is 10.5 Å². The van der Waals surface area contributed by atoms with Gasteiger partial charge in [0.05, 0.1) is 18.2 Å². The van der Waals surface area contributed by atoms with Gasteiger partial charge in [0.1, 0.15) is 11.6 Å². The van der Waals surface area contributed by atoms with E-state index in [-0.39, 0.29) is 5.91 Å². The van der Waals surface area contributed by atoms with Crippen LogP contribution in [0.3, 0.4) is 0 Å². The van der Waals surface area contributed by atoms with E-state index in [9.17, 15) is 4.79 Å². The van der Waals surface area contributed by atoms with Crippen molar-refractivity contribution in [3.8, 4) is 5.75 Å². The van der Waals surface area contributed by atoms with Crippen LogP contribution in [-0.2, 0) is 6.54 Å². The molecule has 1 fully saturated rings. The van der Waals surface area contributed by atoms with Crippen LogP contribution in [0.15, 0.2) is 53.0 Å². The number of carbonyl (C=O) groups is 1. The van der Waals surface area contributed by atoms with E-state index in [0.29, 0.717) is 30.2 Å². The third-order valence-electron chi connectivity index (χ3n) is 5.27. The number of fused-ring (bicyclic) bond motifs is 1. The molecule has 0 saturated carbocycles. The van der Waals surface area contributed by atoms with Crippen LogP contribution in [0, 0.1) is 0 Å². The fraction of sp³-hybridized carbons (Fsp3) is 0.273. The summed E-state index contributed by atoms with van der Waals surface area (Å²) < 4.78 is 6.32. The molecular weight excluding hydrogens is 432 g/mol. The molecule has 29 heavy (non-hydrogen) atoms. The highest BCUT2D eigenvalue weighted by molar-refractivity contribution is 9.10. The standard InChI is InChI=1S/C22H23BrN4O2/c1-29-20-5-3-2-4-18(20)22(28)27-10-8-26(9-11-27)14-15-12-21(24)25-19-13-16(23)6-7-17(15)19/h2-7,12-13H,8-11,14H2,1H3,(H2,24,25). The quantitative estimate of drug-likeness (QED) is 0.652. The van der Waals surface area contributed by atoms with Crippen molar-refractivity contribution in [2.24, 2.45) is 0 Å². The van der Waals surface area contributed by atoms with Crippen LogP contribution in [0.5, 0.6) is 5.75 Å². The lowest BCUT2D eigenvalue weighted by molar-refractivity contribution is 0.0626. The summed E-state index contributed by atoms with van der Waals surface area (Å²) in [5, 5.41) is 1.11. The van der Waals surface area contributed by atoms with Gasteiger partial charge in [-0.15, -0.1) is 0 Å². The number of rotatable bonds is 4. The lowest BCUT2D eigenvalue weighted by Gasteiger charge is -2.35. The van der Waals surface area contributed by atoms with E-state index in [1.54, 1.807) is 7.11 Å². The second kappa shape index (κ2) is 8.39. The monoisotopic (exact) mass is 454 g/mol. The number of aromatic nitrogens is 1. The topological polar surface area (TPSA) is 71.7 Å². The second-order valence-electron chi connectivity index (χ2n) is 7.14. The molecule has 2 heterocycles. The Morgan fingerprint density at radius 3 is 2.66 bits per heavy atom. The molecule has 1 saturated heterocycles. The molecule has 0 radical (unpaired) electrons. The largest absolute Gasteiger partial charge is 0.496 e. The van der Waals surface area contributed by atoms with E-state index >= 15 is 0 Å². The first-order chi connectivity index (χ1) is 14.0. The maximum absolute atomic E-state index is 12.9. The molecule has 2 N–H and O–H groups in total. The van der Waals surface area contributed by atoms with Gasteiger partial charge >= 0.3 is 0 Å². The normalized spacial score (nSPS) is 14.9. The smallest absolute Gasteiger partial charge is 0.257 e. The Morgan fingerprint density at radius 1 is 1.14 bits per heavy atom. The number of carbonyl (C=O) groups excluding carboxylic acids is 1. The van der Waals surface area contributed by atoms with Gasteiger partial charge in [-0.2, -0.15) is 0 Å². The maximum Gasteiger partial charge on any atom is 0.257 e. The fourth-order valence-corrected chi connectivity index (χ4v) is 4.12. The number of ether oxygens (including phenoxy) is 1. The molecule has 7 heteroatoms. The predicted molar refractivity (Wildman–Crippen MR) is 118 cm³/mol. The first kappa shape index (κ1) is 19.7. The van der Waals surface area contributed by atoms with Crippen molar-refractivity contribution in [2.45, 2.75) is 6.54 Å². The van der Waals surface area contributed by atoms with E-state index in [1.165, 1.54) is 0 Å². The minimum Gasteiger partial charge on any atom is -0.496 e. The number of pyridine rings is 1. The molecule has 0 spiro atoms. The molecular formula is C22H23BrN4O2. The number of anilines is 1. The van der Waals surface area contributed by atoms with E-state index in [4.69, 9.17) is 10.5 Å². The maximum atomic E-state index is 12.9. The second-order valence-corrected chi connectivity index (χ2v) is 8.05. The number of piperazine rings is 1.